The first kappa shape index (κ1) is 5.69. The lowest BCUT2D eigenvalue weighted by atomic mass is 9.77. The van der Waals surface area contributed by atoms with Crippen LogP contribution in [-0.2, 0) is 4.74 Å². The molecule has 2 fully saturated rings. The van der Waals surface area contributed by atoms with Crippen molar-refractivity contribution in [2.75, 3.05) is 19.8 Å². The van der Waals surface area contributed by atoms with Crippen LogP contribution in [0.3, 0.4) is 0 Å². The molecule has 0 bridgehead atoms. The Balaban J connectivity index is 1.93. The second-order valence-corrected chi connectivity index (χ2v) is 2.88. The fourth-order valence-electron chi connectivity index (χ4n) is 1.46. The van der Waals surface area contributed by atoms with E-state index in [0.717, 1.165) is 19.8 Å². The summed E-state index contributed by atoms with van der Waals surface area (Å²) >= 11 is 0. The average Bonchev–Trinajstić information content (AvgIpc) is 1.87. The predicted octanol–water partition coefficient (Wildman–Crippen LogP) is 0.343. The van der Waals surface area contributed by atoms with Crippen LogP contribution in [0.15, 0.2) is 0 Å². The number of rotatable bonds is 0. The summed E-state index contributed by atoms with van der Waals surface area (Å²) in [5.74, 6) is 0. The second kappa shape index (κ2) is 1.96. The zero-order valence-electron chi connectivity index (χ0n) is 5.52. The van der Waals surface area contributed by atoms with Gasteiger partial charge in [0, 0.05) is 12.1 Å². The normalized spacial score (nSPS) is 32.0. The largest absolute Gasteiger partial charge is 0.378 e. The molecule has 1 aliphatic heterocycles. The maximum absolute atomic E-state index is 5.33. The van der Waals surface area contributed by atoms with Gasteiger partial charge in [0.2, 0.25) is 0 Å². The highest BCUT2D eigenvalue weighted by Gasteiger charge is 2.38. The number of hydrogen-bond acceptors (Lipinski definition) is 2. The minimum atomic E-state index is 0.304. The van der Waals surface area contributed by atoms with Gasteiger partial charge in [-0.05, 0) is 19.3 Å². The van der Waals surface area contributed by atoms with Gasteiger partial charge in [0.25, 0.3) is 0 Å². The maximum Gasteiger partial charge on any atom is 0.0651 e. The van der Waals surface area contributed by atoms with Crippen LogP contribution < -0.4 is 5.32 Å². The molecular formula is C7H12NO. The van der Waals surface area contributed by atoms with Crippen LogP contribution in [0, 0.1) is 6.42 Å². The topological polar surface area (TPSA) is 21.3 Å². The molecule has 2 heteroatoms. The summed E-state index contributed by atoms with van der Waals surface area (Å²) in [6.45, 7) is 2.80. The Kier molecular flexibility index (Phi) is 1.24. The molecule has 0 aromatic rings. The van der Waals surface area contributed by atoms with Crippen LogP contribution in [0.5, 0.6) is 0 Å². The molecule has 1 saturated heterocycles. The molecular weight excluding hydrogens is 114 g/mol. The first-order chi connectivity index (χ1) is 4.41. The molecule has 2 aliphatic rings. The van der Waals surface area contributed by atoms with Crippen molar-refractivity contribution in [2.45, 2.75) is 18.4 Å². The fraction of sp³-hybridized carbons (Fsp3) is 0.857. The molecule has 1 saturated carbocycles. The van der Waals surface area contributed by atoms with Crippen LogP contribution in [0.4, 0.5) is 0 Å². The van der Waals surface area contributed by atoms with E-state index in [1.165, 1.54) is 12.8 Å². The van der Waals surface area contributed by atoms with Crippen molar-refractivity contribution in [2.24, 2.45) is 0 Å². The van der Waals surface area contributed by atoms with Gasteiger partial charge in [-0.15, -0.1) is 0 Å². The standard InChI is InChI=1S/C7H12NO/c1-2-7(3-1)6-9-5-4-8-7/h2,8H,1,3-6H2. The lowest BCUT2D eigenvalue weighted by Gasteiger charge is -2.44. The third-order valence-electron chi connectivity index (χ3n) is 2.21. The summed E-state index contributed by atoms with van der Waals surface area (Å²) in [5, 5.41) is 3.45. The van der Waals surface area contributed by atoms with Crippen molar-refractivity contribution >= 4 is 0 Å². The van der Waals surface area contributed by atoms with Gasteiger partial charge in [0.05, 0.1) is 13.2 Å². The van der Waals surface area contributed by atoms with Crippen LogP contribution in [0.25, 0.3) is 0 Å². The Labute approximate surface area is 55.6 Å². The Morgan fingerprint density at radius 1 is 1.56 bits per heavy atom. The average molecular weight is 126 g/mol. The van der Waals surface area contributed by atoms with E-state index in [4.69, 9.17) is 4.74 Å². The molecule has 0 aromatic carbocycles. The molecule has 9 heavy (non-hydrogen) atoms. The summed E-state index contributed by atoms with van der Waals surface area (Å²) < 4.78 is 5.33. The Bertz CT molecular complexity index is 101. The van der Waals surface area contributed by atoms with Gasteiger partial charge >= 0.3 is 0 Å². The van der Waals surface area contributed by atoms with Crippen LogP contribution in [0.1, 0.15) is 12.8 Å². The molecule has 1 radical (unpaired) electrons. The molecule has 2 rings (SSSR count). The highest BCUT2D eigenvalue weighted by Crippen LogP contribution is 2.31. The van der Waals surface area contributed by atoms with Crippen molar-refractivity contribution in [3.63, 3.8) is 0 Å². The fourth-order valence-corrected chi connectivity index (χ4v) is 1.46. The molecule has 0 aromatic heterocycles. The molecule has 2 nitrogen and oxygen atoms in total. The molecule has 1 spiro atoms. The Hall–Kier alpha value is -0.0800. The minimum absolute atomic E-state index is 0.304. The Morgan fingerprint density at radius 2 is 2.44 bits per heavy atom. The van der Waals surface area contributed by atoms with Gasteiger partial charge in [0.15, 0.2) is 0 Å². The highest BCUT2D eigenvalue weighted by molar-refractivity contribution is 5.10. The van der Waals surface area contributed by atoms with Crippen LogP contribution in [-0.4, -0.2) is 25.3 Å². The molecule has 1 atom stereocenters. The number of nitrogens with one attached hydrogen (secondary N) is 1. The smallest absolute Gasteiger partial charge is 0.0651 e. The molecule has 0 amide bonds. The van der Waals surface area contributed by atoms with Gasteiger partial charge in [-0.1, -0.05) is 0 Å². The lowest BCUT2D eigenvalue weighted by Crippen LogP contribution is -2.58. The highest BCUT2D eigenvalue weighted by atomic mass is 16.5. The van der Waals surface area contributed by atoms with Gasteiger partial charge in [-0.25, -0.2) is 0 Å². The first-order valence-electron chi connectivity index (χ1n) is 3.58. The predicted molar refractivity (Wildman–Crippen MR) is 35.1 cm³/mol. The Morgan fingerprint density at radius 3 is 2.78 bits per heavy atom. The van der Waals surface area contributed by atoms with Gasteiger partial charge in [0.1, 0.15) is 0 Å². The monoisotopic (exact) mass is 126 g/mol. The van der Waals surface area contributed by atoms with E-state index in [2.05, 4.69) is 11.7 Å². The SMILES string of the molecule is [CH]1CCC12COCCN2. The van der Waals surface area contributed by atoms with Crippen molar-refractivity contribution < 1.29 is 4.74 Å². The molecule has 1 aliphatic carbocycles. The van der Waals surface area contributed by atoms with Crippen LogP contribution >= 0.6 is 0 Å². The summed E-state index contributed by atoms with van der Waals surface area (Å²) in [5.41, 5.74) is 0.304. The van der Waals surface area contributed by atoms with E-state index in [1.54, 1.807) is 0 Å². The van der Waals surface area contributed by atoms with E-state index in [9.17, 15) is 0 Å². The van der Waals surface area contributed by atoms with Crippen molar-refractivity contribution in [1.29, 1.82) is 0 Å². The second-order valence-electron chi connectivity index (χ2n) is 2.88. The third kappa shape index (κ3) is 0.864. The summed E-state index contributed by atoms with van der Waals surface area (Å²) in [6, 6.07) is 0. The summed E-state index contributed by atoms with van der Waals surface area (Å²) in [7, 11) is 0. The number of ether oxygens (including phenoxy) is 1. The van der Waals surface area contributed by atoms with Crippen molar-refractivity contribution in [1.82, 2.24) is 5.32 Å². The van der Waals surface area contributed by atoms with E-state index in [-0.39, 0.29) is 0 Å². The summed E-state index contributed by atoms with van der Waals surface area (Å²) in [6.07, 6.45) is 4.86. The number of hydrogen-bond donors (Lipinski definition) is 1. The zero-order valence-corrected chi connectivity index (χ0v) is 5.52. The number of morpholine rings is 1. The zero-order chi connectivity index (χ0) is 6.16. The van der Waals surface area contributed by atoms with E-state index in [0.29, 0.717) is 5.54 Å². The van der Waals surface area contributed by atoms with Crippen molar-refractivity contribution in [3.8, 4) is 0 Å². The molecule has 1 heterocycles. The molecule has 1 N–H and O–H groups in total. The molecule has 51 valence electrons. The van der Waals surface area contributed by atoms with Crippen molar-refractivity contribution in [3.05, 3.63) is 6.42 Å². The van der Waals surface area contributed by atoms with Gasteiger partial charge in [-0.2, -0.15) is 0 Å². The first-order valence-corrected chi connectivity index (χ1v) is 3.58. The van der Waals surface area contributed by atoms with E-state index >= 15 is 0 Å². The lowest BCUT2D eigenvalue weighted by molar-refractivity contribution is 0.0180. The quantitative estimate of drug-likeness (QED) is 0.505. The molecule has 1 unspecified atom stereocenters. The minimum Gasteiger partial charge on any atom is -0.378 e. The van der Waals surface area contributed by atoms with E-state index in [1.807, 2.05) is 0 Å². The third-order valence-corrected chi connectivity index (χ3v) is 2.21. The summed E-state index contributed by atoms with van der Waals surface area (Å²) in [4.78, 5) is 0. The van der Waals surface area contributed by atoms with E-state index < -0.39 is 0 Å². The van der Waals surface area contributed by atoms with Gasteiger partial charge in [-0.3, -0.25) is 0 Å². The van der Waals surface area contributed by atoms with Gasteiger partial charge < -0.3 is 10.1 Å². The van der Waals surface area contributed by atoms with Crippen LogP contribution in [0.2, 0.25) is 0 Å². The maximum atomic E-state index is 5.33.